The highest BCUT2D eigenvalue weighted by Gasteiger charge is 2.12. The van der Waals surface area contributed by atoms with Crippen LogP contribution in [-0.4, -0.2) is 26.6 Å². The van der Waals surface area contributed by atoms with E-state index in [1.165, 1.54) is 12.3 Å². The fourth-order valence-electron chi connectivity index (χ4n) is 2.78. The van der Waals surface area contributed by atoms with Gasteiger partial charge in [-0.1, -0.05) is 12.1 Å². The molecule has 1 amide bonds. The second-order valence-electron chi connectivity index (χ2n) is 5.62. The van der Waals surface area contributed by atoms with Crippen molar-refractivity contribution in [3.05, 3.63) is 69.5 Å². The number of nitrogens with one attached hydrogen (secondary N) is 1. The summed E-state index contributed by atoms with van der Waals surface area (Å²) in [4.78, 5) is 27.2. The zero-order valence-corrected chi connectivity index (χ0v) is 14.3. The van der Waals surface area contributed by atoms with Gasteiger partial charge in [-0.3, -0.25) is 14.9 Å². The number of imidazole rings is 1. The lowest BCUT2D eigenvalue weighted by molar-refractivity contribution is -0.385. The average Bonchev–Trinajstić information content (AvgIpc) is 2.95. The maximum Gasteiger partial charge on any atom is 0.278 e. The predicted octanol–water partition coefficient (Wildman–Crippen LogP) is 3.04. The van der Waals surface area contributed by atoms with E-state index in [1.54, 1.807) is 30.3 Å². The van der Waals surface area contributed by atoms with Crippen molar-refractivity contribution in [1.82, 2.24) is 15.0 Å². The van der Waals surface area contributed by atoms with Crippen LogP contribution < -0.4 is 5.43 Å². The minimum Gasteiger partial charge on any atom is -0.329 e. The summed E-state index contributed by atoms with van der Waals surface area (Å²) in [5.74, 6) is 0.472. The van der Waals surface area contributed by atoms with Gasteiger partial charge in [-0.05, 0) is 38.1 Å². The van der Waals surface area contributed by atoms with Crippen LogP contribution in [0, 0.1) is 17.0 Å². The lowest BCUT2D eigenvalue weighted by Gasteiger charge is -2.03. The number of amides is 1. The molecule has 3 rings (SSSR count). The van der Waals surface area contributed by atoms with Gasteiger partial charge >= 0.3 is 0 Å². The second kappa shape index (κ2) is 7.14. The molecule has 1 N–H and O–H groups in total. The fourth-order valence-corrected chi connectivity index (χ4v) is 2.78. The molecular formula is C18H17N5O3. The largest absolute Gasteiger partial charge is 0.329 e. The van der Waals surface area contributed by atoms with Gasteiger partial charge in [0.2, 0.25) is 0 Å². The third-order valence-electron chi connectivity index (χ3n) is 4.02. The van der Waals surface area contributed by atoms with E-state index < -0.39 is 10.8 Å². The van der Waals surface area contributed by atoms with Gasteiger partial charge in [0, 0.05) is 18.2 Å². The van der Waals surface area contributed by atoms with Crippen molar-refractivity contribution in [2.24, 2.45) is 5.10 Å². The van der Waals surface area contributed by atoms with E-state index in [4.69, 9.17) is 0 Å². The van der Waals surface area contributed by atoms with Crippen LogP contribution in [-0.2, 0) is 6.54 Å². The van der Waals surface area contributed by atoms with Crippen molar-refractivity contribution in [2.45, 2.75) is 20.4 Å². The van der Waals surface area contributed by atoms with Gasteiger partial charge in [-0.25, -0.2) is 10.4 Å². The van der Waals surface area contributed by atoms with Crippen molar-refractivity contribution in [3.63, 3.8) is 0 Å². The number of rotatable bonds is 5. The van der Waals surface area contributed by atoms with E-state index in [0.29, 0.717) is 11.1 Å². The Hall–Kier alpha value is -3.55. The summed E-state index contributed by atoms with van der Waals surface area (Å²) in [6, 6.07) is 11.4. The molecule has 0 spiro atoms. The molecule has 0 atom stereocenters. The van der Waals surface area contributed by atoms with Gasteiger partial charge in [0.1, 0.15) is 5.82 Å². The van der Waals surface area contributed by atoms with Gasteiger partial charge in [-0.2, -0.15) is 5.10 Å². The second-order valence-corrected chi connectivity index (χ2v) is 5.62. The van der Waals surface area contributed by atoms with Crippen molar-refractivity contribution in [3.8, 4) is 0 Å². The number of hydrogen-bond donors (Lipinski definition) is 1. The van der Waals surface area contributed by atoms with Crippen molar-refractivity contribution >= 4 is 28.8 Å². The molecule has 0 aliphatic heterocycles. The molecule has 0 unspecified atom stereocenters. The number of aromatic nitrogens is 2. The molecule has 0 saturated heterocycles. The molecule has 0 saturated carbocycles. The highest BCUT2D eigenvalue weighted by molar-refractivity contribution is 5.98. The van der Waals surface area contributed by atoms with Crippen LogP contribution in [0.1, 0.15) is 28.7 Å². The summed E-state index contributed by atoms with van der Waals surface area (Å²) in [7, 11) is 0. The first-order valence-corrected chi connectivity index (χ1v) is 8.05. The minimum absolute atomic E-state index is 0.0764. The molecule has 2 aromatic carbocycles. The van der Waals surface area contributed by atoms with Crippen LogP contribution in [0.4, 0.5) is 5.69 Å². The molecule has 3 aromatic rings. The van der Waals surface area contributed by atoms with Crippen LogP contribution in [0.2, 0.25) is 0 Å². The molecule has 8 nitrogen and oxygen atoms in total. The van der Waals surface area contributed by atoms with Gasteiger partial charge in [-0.15, -0.1) is 0 Å². The van der Waals surface area contributed by atoms with E-state index in [-0.39, 0.29) is 5.69 Å². The van der Waals surface area contributed by atoms with Gasteiger partial charge in [0.15, 0.2) is 0 Å². The van der Waals surface area contributed by atoms with Crippen LogP contribution in [0.5, 0.6) is 0 Å². The number of carbonyl (C=O) groups is 1. The molecular weight excluding hydrogens is 334 g/mol. The normalized spacial score (nSPS) is 11.2. The van der Waals surface area contributed by atoms with Gasteiger partial charge in [0.05, 0.1) is 27.7 Å². The molecule has 0 aliphatic rings. The van der Waals surface area contributed by atoms with Crippen molar-refractivity contribution in [2.75, 3.05) is 0 Å². The van der Waals surface area contributed by atoms with Crippen molar-refractivity contribution < 1.29 is 9.72 Å². The molecule has 0 aliphatic carbocycles. The van der Waals surface area contributed by atoms with Crippen LogP contribution >= 0.6 is 0 Å². The zero-order chi connectivity index (χ0) is 18.7. The monoisotopic (exact) mass is 351 g/mol. The smallest absolute Gasteiger partial charge is 0.278 e. The number of nitrogens with zero attached hydrogens (tertiary/aromatic N) is 4. The summed E-state index contributed by atoms with van der Waals surface area (Å²) in [6.07, 6.45) is 1.25. The van der Waals surface area contributed by atoms with E-state index in [0.717, 1.165) is 23.4 Å². The quantitative estimate of drug-likeness (QED) is 0.433. The zero-order valence-electron chi connectivity index (χ0n) is 14.3. The average molecular weight is 351 g/mol. The Kier molecular flexibility index (Phi) is 4.74. The third kappa shape index (κ3) is 3.30. The van der Waals surface area contributed by atoms with Crippen LogP contribution in [0.25, 0.3) is 11.0 Å². The Morgan fingerprint density at radius 2 is 2.12 bits per heavy atom. The molecule has 1 heterocycles. The van der Waals surface area contributed by atoms with Gasteiger partial charge in [0.25, 0.3) is 11.6 Å². The molecule has 8 heteroatoms. The number of nitro groups is 1. The summed E-state index contributed by atoms with van der Waals surface area (Å²) in [5.41, 5.74) is 4.73. The number of fused-ring (bicyclic) bond motifs is 1. The number of nitro benzene ring substituents is 1. The standard InChI is InChI=1S/C18H17N5O3/c1-3-22-12(2)20-15-10-13(8-9-17(15)22)18(24)21-19-11-14-6-4-5-7-16(14)23(25)26/h4-11H,3H2,1-2H3,(H,21,24)/b19-11+. The van der Waals surface area contributed by atoms with Crippen LogP contribution in [0.3, 0.4) is 0 Å². The third-order valence-corrected chi connectivity index (χ3v) is 4.02. The minimum atomic E-state index is -0.497. The lowest BCUT2D eigenvalue weighted by atomic mass is 10.2. The highest BCUT2D eigenvalue weighted by Crippen LogP contribution is 2.18. The van der Waals surface area contributed by atoms with Crippen molar-refractivity contribution in [1.29, 1.82) is 0 Å². The first kappa shape index (κ1) is 17.3. The summed E-state index contributed by atoms with van der Waals surface area (Å²) in [6.45, 7) is 4.75. The number of carbonyl (C=O) groups excluding carboxylic acids is 1. The van der Waals surface area contributed by atoms with E-state index in [1.807, 2.05) is 19.9 Å². The first-order chi connectivity index (χ1) is 12.5. The molecule has 1 aromatic heterocycles. The van der Waals surface area contributed by atoms with Gasteiger partial charge < -0.3 is 4.57 Å². The number of hydrazone groups is 1. The Balaban J connectivity index is 1.78. The summed E-state index contributed by atoms with van der Waals surface area (Å²) >= 11 is 0. The summed E-state index contributed by atoms with van der Waals surface area (Å²) < 4.78 is 2.06. The SMILES string of the molecule is CCn1c(C)nc2cc(C(=O)N/N=C/c3ccccc3[N+](=O)[O-])ccc21. The van der Waals surface area contributed by atoms with E-state index in [2.05, 4.69) is 20.1 Å². The lowest BCUT2D eigenvalue weighted by Crippen LogP contribution is -2.17. The Morgan fingerprint density at radius 3 is 2.85 bits per heavy atom. The number of benzene rings is 2. The predicted molar refractivity (Wildman–Crippen MR) is 98.3 cm³/mol. The maximum atomic E-state index is 12.3. The van der Waals surface area contributed by atoms with E-state index >= 15 is 0 Å². The first-order valence-electron chi connectivity index (χ1n) is 8.05. The Labute approximate surface area is 149 Å². The Bertz CT molecular complexity index is 1020. The number of para-hydroxylation sites is 1. The van der Waals surface area contributed by atoms with Crippen LogP contribution in [0.15, 0.2) is 47.6 Å². The Morgan fingerprint density at radius 1 is 1.35 bits per heavy atom. The van der Waals surface area contributed by atoms with E-state index in [9.17, 15) is 14.9 Å². The molecule has 26 heavy (non-hydrogen) atoms. The maximum absolute atomic E-state index is 12.3. The fraction of sp³-hybridized carbons (Fsp3) is 0.167. The number of aryl methyl sites for hydroxylation is 2. The molecule has 0 bridgehead atoms. The molecule has 0 fully saturated rings. The summed E-state index contributed by atoms with van der Waals surface area (Å²) in [5, 5.41) is 14.8. The number of hydrogen-bond acceptors (Lipinski definition) is 5. The topological polar surface area (TPSA) is 102 Å². The highest BCUT2D eigenvalue weighted by atomic mass is 16.6. The molecule has 132 valence electrons. The molecule has 0 radical (unpaired) electrons.